The van der Waals surface area contributed by atoms with Crippen LogP contribution in [-0.2, 0) is 6.54 Å². The van der Waals surface area contributed by atoms with Gasteiger partial charge in [-0.05, 0) is 52.7 Å². The molecule has 0 spiro atoms. The van der Waals surface area contributed by atoms with E-state index in [0.717, 1.165) is 6.54 Å². The van der Waals surface area contributed by atoms with Gasteiger partial charge in [-0.2, -0.15) is 0 Å². The van der Waals surface area contributed by atoms with Crippen molar-refractivity contribution in [2.45, 2.75) is 19.5 Å². The lowest BCUT2D eigenvalue weighted by Crippen LogP contribution is -2.17. The highest BCUT2D eigenvalue weighted by Gasteiger charge is 2.06. The van der Waals surface area contributed by atoms with Gasteiger partial charge >= 0.3 is 0 Å². The fourth-order valence-electron chi connectivity index (χ4n) is 1.43. The van der Waals surface area contributed by atoms with E-state index in [9.17, 15) is 0 Å². The van der Waals surface area contributed by atoms with Crippen LogP contribution in [-0.4, -0.2) is 4.98 Å². The van der Waals surface area contributed by atoms with Crippen molar-refractivity contribution in [3.63, 3.8) is 0 Å². The minimum Gasteiger partial charge on any atom is -0.305 e. The zero-order chi connectivity index (χ0) is 11.4. The van der Waals surface area contributed by atoms with Crippen LogP contribution in [0.3, 0.4) is 0 Å². The third-order valence-electron chi connectivity index (χ3n) is 2.38. The van der Waals surface area contributed by atoms with Crippen molar-refractivity contribution < 1.29 is 0 Å². The Morgan fingerprint density at radius 3 is 2.69 bits per heavy atom. The largest absolute Gasteiger partial charge is 0.305 e. The molecule has 0 aromatic carbocycles. The van der Waals surface area contributed by atoms with Crippen molar-refractivity contribution in [3.05, 3.63) is 50.9 Å². The molecule has 84 valence electrons. The Hall–Kier alpha value is -0.710. The van der Waals surface area contributed by atoms with Gasteiger partial charge in [0.2, 0.25) is 0 Å². The third kappa shape index (κ3) is 3.14. The Bertz CT molecular complexity index is 441. The number of halogens is 1. The summed E-state index contributed by atoms with van der Waals surface area (Å²) in [5.74, 6) is 0. The fourth-order valence-corrected chi connectivity index (χ4v) is 2.88. The zero-order valence-electron chi connectivity index (χ0n) is 8.98. The van der Waals surface area contributed by atoms with Crippen LogP contribution in [0.25, 0.3) is 0 Å². The zero-order valence-corrected chi connectivity index (χ0v) is 11.4. The summed E-state index contributed by atoms with van der Waals surface area (Å²) >= 11 is 5.25. The van der Waals surface area contributed by atoms with E-state index in [-0.39, 0.29) is 0 Å². The number of thiophene rings is 1. The molecule has 0 saturated carbocycles. The molecule has 0 saturated heterocycles. The number of pyridine rings is 1. The lowest BCUT2D eigenvalue weighted by atomic mass is 10.2. The SMILES string of the molecule is CC(NCc1ccncc1)c1ccc(Br)s1. The quantitative estimate of drug-likeness (QED) is 0.929. The van der Waals surface area contributed by atoms with Crippen LogP contribution in [0, 0.1) is 0 Å². The van der Waals surface area contributed by atoms with Crippen molar-refractivity contribution in [2.24, 2.45) is 0 Å². The number of aromatic nitrogens is 1. The number of nitrogens with zero attached hydrogens (tertiary/aromatic N) is 1. The summed E-state index contributed by atoms with van der Waals surface area (Å²) in [5, 5.41) is 3.49. The van der Waals surface area contributed by atoms with Gasteiger partial charge in [0.1, 0.15) is 0 Å². The van der Waals surface area contributed by atoms with Gasteiger partial charge in [0.05, 0.1) is 3.79 Å². The molecule has 0 radical (unpaired) electrons. The summed E-state index contributed by atoms with van der Waals surface area (Å²) in [6.07, 6.45) is 3.65. The maximum Gasteiger partial charge on any atom is 0.0701 e. The highest BCUT2D eigenvalue weighted by molar-refractivity contribution is 9.11. The molecule has 1 atom stereocenters. The molecule has 4 heteroatoms. The number of rotatable bonds is 4. The Labute approximate surface area is 108 Å². The molecule has 0 amide bonds. The summed E-state index contributed by atoms with van der Waals surface area (Å²) < 4.78 is 1.18. The predicted octanol–water partition coefficient (Wildman–Crippen LogP) is 3.76. The molecule has 2 aromatic heterocycles. The maximum atomic E-state index is 4.00. The second-order valence-corrected chi connectivity index (χ2v) is 6.09. The molecule has 16 heavy (non-hydrogen) atoms. The summed E-state index contributed by atoms with van der Waals surface area (Å²) in [6, 6.07) is 8.68. The molecule has 0 aliphatic heterocycles. The molecule has 2 heterocycles. The topological polar surface area (TPSA) is 24.9 Å². The lowest BCUT2D eigenvalue weighted by Gasteiger charge is -2.11. The average molecular weight is 297 g/mol. The summed E-state index contributed by atoms with van der Waals surface area (Å²) in [4.78, 5) is 5.35. The summed E-state index contributed by atoms with van der Waals surface area (Å²) in [6.45, 7) is 3.05. The molecule has 0 fully saturated rings. The second-order valence-electron chi connectivity index (χ2n) is 3.60. The summed E-state index contributed by atoms with van der Waals surface area (Å²) in [5.41, 5.74) is 1.26. The Morgan fingerprint density at radius 2 is 2.06 bits per heavy atom. The van der Waals surface area contributed by atoms with E-state index in [1.165, 1.54) is 14.2 Å². The van der Waals surface area contributed by atoms with E-state index in [0.29, 0.717) is 6.04 Å². The van der Waals surface area contributed by atoms with Gasteiger partial charge in [0.15, 0.2) is 0 Å². The normalized spacial score (nSPS) is 12.6. The Kier molecular flexibility index (Phi) is 4.09. The molecule has 1 N–H and O–H groups in total. The second kappa shape index (κ2) is 5.57. The van der Waals surface area contributed by atoms with Gasteiger partial charge in [-0.1, -0.05) is 0 Å². The van der Waals surface area contributed by atoms with Crippen LogP contribution in [0.5, 0.6) is 0 Å². The molecule has 2 rings (SSSR count). The minimum atomic E-state index is 0.379. The molecule has 1 unspecified atom stereocenters. The van der Waals surface area contributed by atoms with Crippen molar-refractivity contribution in [2.75, 3.05) is 0 Å². The predicted molar refractivity (Wildman–Crippen MR) is 71.5 cm³/mol. The maximum absolute atomic E-state index is 4.00. The first-order chi connectivity index (χ1) is 7.75. The van der Waals surface area contributed by atoms with Crippen LogP contribution in [0.1, 0.15) is 23.4 Å². The Morgan fingerprint density at radius 1 is 1.31 bits per heavy atom. The van der Waals surface area contributed by atoms with E-state index < -0.39 is 0 Å². The minimum absolute atomic E-state index is 0.379. The smallest absolute Gasteiger partial charge is 0.0701 e. The van der Waals surface area contributed by atoms with Crippen LogP contribution < -0.4 is 5.32 Å². The van der Waals surface area contributed by atoms with Gasteiger partial charge in [-0.15, -0.1) is 11.3 Å². The molecule has 2 nitrogen and oxygen atoms in total. The van der Waals surface area contributed by atoms with Crippen molar-refractivity contribution in [3.8, 4) is 0 Å². The first-order valence-corrected chi connectivity index (χ1v) is 6.74. The van der Waals surface area contributed by atoms with Gasteiger partial charge in [0, 0.05) is 29.9 Å². The molecule has 0 aliphatic carbocycles. The van der Waals surface area contributed by atoms with Crippen LogP contribution in [0.4, 0.5) is 0 Å². The molecular weight excluding hydrogens is 284 g/mol. The standard InChI is InChI=1S/C12H13BrN2S/c1-9(11-2-3-12(13)16-11)15-8-10-4-6-14-7-5-10/h2-7,9,15H,8H2,1H3. The number of hydrogen-bond donors (Lipinski definition) is 1. The first kappa shape index (κ1) is 11.8. The van der Waals surface area contributed by atoms with E-state index in [4.69, 9.17) is 0 Å². The number of hydrogen-bond acceptors (Lipinski definition) is 3. The van der Waals surface area contributed by atoms with E-state index in [1.807, 2.05) is 24.5 Å². The van der Waals surface area contributed by atoms with Crippen molar-refractivity contribution in [1.82, 2.24) is 10.3 Å². The Balaban J connectivity index is 1.91. The van der Waals surface area contributed by atoms with Crippen LogP contribution in [0.2, 0.25) is 0 Å². The molecule has 0 aliphatic rings. The monoisotopic (exact) mass is 296 g/mol. The number of nitrogens with one attached hydrogen (secondary N) is 1. The first-order valence-electron chi connectivity index (χ1n) is 5.13. The molecular formula is C12H13BrN2S. The van der Waals surface area contributed by atoms with E-state index in [2.05, 4.69) is 45.3 Å². The summed E-state index contributed by atoms with van der Waals surface area (Å²) in [7, 11) is 0. The van der Waals surface area contributed by atoms with Gasteiger partial charge in [-0.25, -0.2) is 0 Å². The van der Waals surface area contributed by atoms with Crippen LogP contribution in [0.15, 0.2) is 40.4 Å². The van der Waals surface area contributed by atoms with Crippen molar-refractivity contribution >= 4 is 27.3 Å². The highest BCUT2D eigenvalue weighted by atomic mass is 79.9. The van der Waals surface area contributed by atoms with Gasteiger partial charge in [-0.3, -0.25) is 4.98 Å². The van der Waals surface area contributed by atoms with Crippen LogP contribution >= 0.6 is 27.3 Å². The van der Waals surface area contributed by atoms with Gasteiger partial charge in [0.25, 0.3) is 0 Å². The van der Waals surface area contributed by atoms with E-state index >= 15 is 0 Å². The highest BCUT2D eigenvalue weighted by Crippen LogP contribution is 2.27. The van der Waals surface area contributed by atoms with Crippen molar-refractivity contribution in [1.29, 1.82) is 0 Å². The molecule has 2 aromatic rings. The molecule has 0 bridgehead atoms. The fraction of sp³-hybridized carbons (Fsp3) is 0.250. The average Bonchev–Trinajstić information content (AvgIpc) is 2.74. The third-order valence-corrected chi connectivity index (χ3v) is 4.19. The lowest BCUT2D eigenvalue weighted by molar-refractivity contribution is 0.582. The van der Waals surface area contributed by atoms with Gasteiger partial charge < -0.3 is 5.32 Å². The van der Waals surface area contributed by atoms with E-state index in [1.54, 1.807) is 11.3 Å².